The molecular weight excluding hydrogens is 396 g/mol. The van der Waals surface area contributed by atoms with E-state index in [-0.39, 0.29) is 5.91 Å². The van der Waals surface area contributed by atoms with Crippen molar-refractivity contribution < 1.29 is 4.79 Å². The Morgan fingerprint density at radius 3 is 2.73 bits per heavy atom. The van der Waals surface area contributed by atoms with Crippen molar-refractivity contribution in [3.05, 3.63) is 53.8 Å². The number of benzene rings is 1. The van der Waals surface area contributed by atoms with Gasteiger partial charge in [-0.25, -0.2) is 9.67 Å². The SMILES string of the molecule is CN1CCN(CCCCNC(=O)c2csc(-c3cnn(-c4ccccc4)c3)n2)CC1. The van der Waals surface area contributed by atoms with Gasteiger partial charge >= 0.3 is 0 Å². The van der Waals surface area contributed by atoms with Gasteiger partial charge in [0.25, 0.3) is 5.91 Å². The minimum atomic E-state index is -0.104. The van der Waals surface area contributed by atoms with Crippen LogP contribution in [-0.2, 0) is 0 Å². The van der Waals surface area contributed by atoms with E-state index < -0.39 is 0 Å². The van der Waals surface area contributed by atoms with Crippen LogP contribution in [0.15, 0.2) is 48.1 Å². The number of para-hydroxylation sites is 1. The zero-order valence-corrected chi connectivity index (χ0v) is 18.1. The second-order valence-electron chi connectivity index (χ2n) is 7.65. The monoisotopic (exact) mass is 424 g/mol. The van der Waals surface area contributed by atoms with Crippen LogP contribution in [0, 0.1) is 0 Å². The molecule has 1 aromatic carbocycles. The van der Waals surface area contributed by atoms with Crippen LogP contribution in [0.5, 0.6) is 0 Å². The summed E-state index contributed by atoms with van der Waals surface area (Å²) < 4.78 is 1.82. The lowest BCUT2D eigenvalue weighted by Gasteiger charge is -2.32. The number of carbonyl (C=O) groups excluding carboxylic acids is 1. The first-order chi connectivity index (χ1) is 14.7. The van der Waals surface area contributed by atoms with Gasteiger partial charge < -0.3 is 15.1 Å². The van der Waals surface area contributed by atoms with Gasteiger partial charge in [-0.3, -0.25) is 4.79 Å². The molecule has 8 heteroatoms. The number of aromatic nitrogens is 3. The summed E-state index contributed by atoms with van der Waals surface area (Å²) in [5.74, 6) is -0.104. The van der Waals surface area contributed by atoms with E-state index in [1.54, 1.807) is 6.20 Å². The number of thiazole rings is 1. The Hall–Kier alpha value is -2.55. The number of likely N-dealkylation sites (N-methyl/N-ethyl adjacent to an activating group) is 1. The highest BCUT2D eigenvalue weighted by molar-refractivity contribution is 7.13. The molecule has 1 fully saturated rings. The number of piperazine rings is 1. The third-order valence-electron chi connectivity index (χ3n) is 5.37. The highest BCUT2D eigenvalue weighted by Crippen LogP contribution is 2.24. The molecule has 2 aromatic heterocycles. The molecule has 1 aliphatic heterocycles. The van der Waals surface area contributed by atoms with E-state index in [1.165, 1.54) is 11.3 Å². The number of carbonyl (C=O) groups is 1. The Morgan fingerprint density at radius 1 is 1.13 bits per heavy atom. The average molecular weight is 425 g/mol. The van der Waals surface area contributed by atoms with Crippen LogP contribution < -0.4 is 5.32 Å². The molecule has 0 atom stereocenters. The molecule has 1 amide bonds. The molecule has 3 heterocycles. The van der Waals surface area contributed by atoms with Crippen molar-refractivity contribution in [1.29, 1.82) is 0 Å². The van der Waals surface area contributed by atoms with Crippen LogP contribution in [0.3, 0.4) is 0 Å². The minimum absolute atomic E-state index is 0.104. The Kier molecular flexibility index (Phi) is 6.88. The van der Waals surface area contributed by atoms with Crippen LogP contribution in [0.2, 0.25) is 0 Å². The molecule has 1 N–H and O–H groups in total. The summed E-state index contributed by atoms with van der Waals surface area (Å²) in [5, 5.41) is 10.0. The van der Waals surface area contributed by atoms with Crippen molar-refractivity contribution in [3.8, 4) is 16.3 Å². The predicted molar refractivity (Wildman–Crippen MR) is 120 cm³/mol. The highest BCUT2D eigenvalue weighted by atomic mass is 32.1. The largest absolute Gasteiger partial charge is 0.351 e. The summed E-state index contributed by atoms with van der Waals surface area (Å²) in [6.07, 6.45) is 5.81. The third-order valence-corrected chi connectivity index (χ3v) is 6.26. The van der Waals surface area contributed by atoms with Crippen LogP contribution in [0.25, 0.3) is 16.3 Å². The summed E-state index contributed by atoms with van der Waals surface area (Å²) in [5.41, 5.74) is 2.38. The first-order valence-electron chi connectivity index (χ1n) is 10.4. The molecule has 0 spiro atoms. The van der Waals surface area contributed by atoms with Crippen molar-refractivity contribution in [1.82, 2.24) is 29.9 Å². The Morgan fingerprint density at radius 2 is 1.93 bits per heavy atom. The van der Waals surface area contributed by atoms with E-state index in [0.717, 1.165) is 61.8 Å². The summed E-state index contributed by atoms with van der Waals surface area (Å²) in [6, 6.07) is 9.94. The van der Waals surface area contributed by atoms with Crippen molar-refractivity contribution in [2.45, 2.75) is 12.8 Å². The van der Waals surface area contributed by atoms with Gasteiger partial charge in [-0.2, -0.15) is 5.10 Å². The summed E-state index contributed by atoms with van der Waals surface area (Å²) >= 11 is 1.47. The average Bonchev–Trinajstić information content (AvgIpc) is 3.45. The number of hydrogen-bond donors (Lipinski definition) is 1. The highest BCUT2D eigenvalue weighted by Gasteiger charge is 2.14. The van der Waals surface area contributed by atoms with Crippen molar-refractivity contribution in [2.75, 3.05) is 46.3 Å². The lowest BCUT2D eigenvalue weighted by Crippen LogP contribution is -2.44. The molecule has 0 saturated carbocycles. The first-order valence-corrected chi connectivity index (χ1v) is 11.3. The molecule has 0 aliphatic carbocycles. The van der Waals surface area contributed by atoms with E-state index >= 15 is 0 Å². The lowest BCUT2D eigenvalue weighted by molar-refractivity contribution is 0.0947. The van der Waals surface area contributed by atoms with Gasteiger partial charge in [0.1, 0.15) is 10.7 Å². The molecule has 7 nitrogen and oxygen atoms in total. The van der Waals surface area contributed by atoms with E-state index in [4.69, 9.17) is 0 Å². The van der Waals surface area contributed by atoms with Gasteiger partial charge in [0, 0.05) is 49.9 Å². The second kappa shape index (κ2) is 9.97. The number of rotatable bonds is 8. The molecule has 1 saturated heterocycles. The van der Waals surface area contributed by atoms with E-state index in [9.17, 15) is 4.79 Å². The lowest BCUT2D eigenvalue weighted by atomic mass is 10.2. The molecule has 3 aromatic rings. The number of nitrogens with one attached hydrogen (secondary N) is 1. The quantitative estimate of drug-likeness (QED) is 0.563. The summed E-state index contributed by atoms with van der Waals surface area (Å²) in [4.78, 5) is 21.8. The van der Waals surface area contributed by atoms with Gasteiger partial charge in [0.2, 0.25) is 0 Å². The summed E-state index contributed by atoms with van der Waals surface area (Å²) in [7, 11) is 2.17. The van der Waals surface area contributed by atoms with E-state index in [2.05, 4.69) is 32.2 Å². The molecule has 158 valence electrons. The molecule has 0 radical (unpaired) electrons. The fourth-order valence-corrected chi connectivity index (χ4v) is 4.27. The fraction of sp³-hybridized carbons (Fsp3) is 0.409. The van der Waals surface area contributed by atoms with Gasteiger partial charge in [-0.15, -0.1) is 11.3 Å². The van der Waals surface area contributed by atoms with Crippen molar-refractivity contribution in [2.24, 2.45) is 0 Å². The molecule has 0 unspecified atom stereocenters. The maximum atomic E-state index is 12.4. The Bertz CT molecular complexity index is 945. The maximum Gasteiger partial charge on any atom is 0.270 e. The van der Waals surface area contributed by atoms with Crippen LogP contribution in [-0.4, -0.2) is 76.8 Å². The Labute approximate surface area is 181 Å². The van der Waals surface area contributed by atoms with Gasteiger partial charge in [-0.05, 0) is 38.6 Å². The molecule has 1 aliphatic rings. The van der Waals surface area contributed by atoms with Crippen LogP contribution >= 0.6 is 11.3 Å². The van der Waals surface area contributed by atoms with Gasteiger partial charge in [-0.1, -0.05) is 18.2 Å². The normalized spacial score (nSPS) is 15.4. The number of nitrogens with zero attached hydrogens (tertiary/aromatic N) is 5. The molecular formula is C22H28N6OS. The van der Waals surface area contributed by atoms with Crippen LogP contribution in [0.1, 0.15) is 23.3 Å². The minimum Gasteiger partial charge on any atom is -0.351 e. The molecule has 30 heavy (non-hydrogen) atoms. The fourth-order valence-electron chi connectivity index (χ4n) is 3.49. The molecule has 4 rings (SSSR count). The molecule has 0 bridgehead atoms. The predicted octanol–water partition coefficient (Wildman–Crippen LogP) is 2.75. The number of hydrogen-bond acceptors (Lipinski definition) is 6. The van der Waals surface area contributed by atoms with E-state index in [0.29, 0.717) is 12.2 Å². The van der Waals surface area contributed by atoms with Crippen molar-refractivity contribution in [3.63, 3.8) is 0 Å². The Balaban J connectivity index is 1.23. The van der Waals surface area contributed by atoms with Crippen molar-refractivity contribution >= 4 is 17.2 Å². The zero-order valence-electron chi connectivity index (χ0n) is 17.3. The second-order valence-corrected chi connectivity index (χ2v) is 8.51. The first kappa shape index (κ1) is 20.7. The number of amides is 1. The zero-order chi connectivity index (χ0) is 20.8. The summed E-state index contributed by atoms with van der Waals surface area (Å²) in [6.45, 7) is 6.37. The maximum absolute atomic E-state index is 12.4. The van der Waals surface area contributed by atoms with Gasteiger partial charge in [0.05, 0.1) is 11.9 Å². The topological polar surface area (TPSA) is 66.3 Å². The third kappa shape index (κ3) is 5.33. The number of unbranched alkanes of at least 4 members (excludes halogenated alkanes) is 1. The van der Waals surface area contributed by atoms with Crippen LogP contribution in [0.4, 0.5) is 0 Å². The van der Waals surface area contributed by atoms with Gasteiger partial charge in [0.15, 0.2) is 0 Å². The smallest absolute Gasteiger partial charge is 0.270 e. The van der Waals surface area contributed by atoms with E-state index in [1.807, 2.05) is 46.6 Å². The standard InChI is InChI=1S/C22H28N6OS/c1-26-11-13-27(14-12-26)10-6-5-9-23-21(29)20-17-30-22(25-20)18-15-24-28(16-18)19-7-3-2-4-8-19/h2-4,7-8,15-17H,5-6,9-14H2,1H3,(H,23,29).